The minimum Gasteiger partial charge on any atom is -0.497 e. The largest absolute Gasteiger partial charge is 0.497 e. The van der Waals surface area contributed by atoms with Gasteiger partial charge < -0.3 is 14.2 Å². The zero-order valence-corrected chi connectivity index (χ0v) is 13.8. The van der Waals surface area contributed by atoms with E-state index in [2.05, 4.69) is 0 Å². The fraction of sp³-hybridized carbons (Fsp3) is 0.556. The Hall–Kier alpha value is -2.04. The van der Waals surface area contributed by atoms with Gasteiger partial charge in [-0.25, -0.2) is 0 Å². The Morgan fingerprint density at radius 2 is 1.70 bits per heavy atom. The number of carbonyl (C=O) groups is 2. The second-order valence-electron chi connectivity index (χ2n) is 6.62. The van der Waals surface area contributed by atoms with E-state index in [0.717, 1.165) is 24.2 Å². The first kappa shape index (κ1) is 15.8. The predicted octanol–water partition coefficient (Wildman–Crippen LogP) is 2.47. The molecule has 1 aromatic rings. The molecule has 124 valence electrons. The second-order valence-corrected chi connectivity index (χ2v) is 6.62. The van der Waals surface area contributed by atoms with Gasteiger partial charge in [0.15, 0.2) is 0 Å². The summed E-state index contributed by atoms with van der Waals surface area (Å²) in [6.45, 7) is 0. The normalized spacial score (nSPS) is 27.5. The van der Waals surface area contributed by atoms with Crippen LogP contribution in [-0.2, 0) is 24.5 Å². The summed E-state index contributed by atoms with van der Waals surface area (Å²) in [4.78, 5) is 24.9. The molecule has 3 rings (SSSR count). The van der Waals surface area contributed by atoms with Gasteiger partial charge in [0, 0.05) is 0 Å². The van der Waals surface area contributed by atoms with E-state index < -0.39 is 5.41 Å². The fourth-order valence-corrected chi connectivity index (χ4v) is 4.12. The summed E-state index contributed by atoms with van der Waals surface area (Å²) in [5.41, 5.74) is -0.0137. The van der Waals surface area contributed by atoms with Crippen molar-refractivity contribution in [2.75, 3.05) is 21.3 Å². The molecule has 2 aliphatic carbocycles. The first-order valence-corrected chi connectivity index (χ1v) is 7.82. The zero-order chi connectivity index (χ0) is 16.7. The van der Waals surface area contributed by atoms with Crippen LogP contribution in [0.15, 0.2) is 24.3 Å². The molecule has 0 heterocycles. The van der Waals surface area contributed by atoms with Crippen molar-refractivity contribution >= 4 is 11.9 Å². The summed E-state index contributed by atoms with van der Waals surface area (Å²) in [6, 6.07) is 7.47. The van der Waals surface area contributed by atoms with Crippen molar-refractivity contribution in [3.8, 4) is 5.75 Å². The van der Waals surface area contributed by atoms with Gasteiger partial charge in [0.1, 0.15) is 5.75 Å². The second kappa shape index (κ2) is 5.55. The molecule has 0 radical (unpaired) electrons. The number of hydrogen-bond donors (Lipinski definition) is 0. The van der Waals surface area contributed by atoms with Gasteiger partial charge in [0.2, 0.25) is 0 Å². The van der Waals surface area contributed by atoms with Gasteiger partial charge in [-0.15, -0.1) is 0 Å². The van der Waals surface area contributed by atoms with Crippen LogP contribution in [0.2, 0.25) is 0 Å². The molecular weight excluding hydrogens is 296 g/mol. The van der Waals surface area contributed by atoms with Crippen molar-refractivity contribution in [2.24, 2.45) is 11.3 Å². The van der Waals surface area contributed by atoms with Crippen molar-refractivity contribution < 1.29 is 23.8 Å². The lowest BCUT2D eigenvalue weighted by molar-refractivity contribution is -0.148. The van der Waals surface area contributed by atoms with Crippen LogP contribution in [0.25, 0.3) is 0 Å². The Labute approximate surface area is 135 Å². The van der Waals surface area contributed by atoms with E-state index in [1.165, 1.54) is 14.2 Å². The Morgan fingerprint density at radius 3 is 2.17 bits per heavy atom. The Morgan fingerprint density at radius 1 is 1.04 bits per heavy atom. The molecule has 0 unspecified atom stereocenters. The molecule has 0 aliphatic heterocycles. The van der Waals surface area contributed by atoms with Crippen LogP contribution in [-0.4, -0.2) is 33.3 Å². The number of carbonyl (C=O) groups excluding carboxylic acids is 2. The molecule has 0 saturated heterocycles. The first-order chi connectivity index (χ1) is 11.0. The van der Waals surface area contributed by atoms with Crippen molar-refractivity contribution in [2.45, 2.75) is 31.1 Å². The van der Waals surface area contributed by atoms with Crippen LogP contribution in [0.4, 0.5) is 0 Å². The number of ether oxygens (including phenoxy) is 3. The summed E-state index contributed by atoms with van der Waals surface area (Å²) in [5.74, 6) is -0.00625. The number of esters is 2. The molecule has 0 aromatic heterocycles. The molecule has 2 saturated carbocycles. The lowest BCUT2D eigenvalue weighted by Gasteiger charge is -2.27. The highest BCUT2D eigenvalue weighted by Crippen LogP contribution is 2.67. The number of hydrogen-bond acceptors (Lipinski definition) is 5. The summed E-state index contributed by atoms with van der Waals surface area (Å²) < 4.78 is 15.3. The molecule has 0 amide bonds. The third kappa shape index (κ3) is 2.38. The molecule has 5 nitrogen and oxygen atoms in total. The summed E-state index contributed by atoms with van der Waals surface area (Å²) in [5, 5.41) is 0. The van der Waals surface area contributed by atoms with Gasteiger partial charge in [0.25, 0.3) is 0 Å². The maximum atomic E-state index is 12.7. The smallest absolute Gasteiger partial charge is 0.316 e. The predicted molar refractivity (Wildman–Crippen MR) is 83.1 cm³/mol. The van der Waals surface area contributed by atoms with Crippen LogP contribution >= 0.6 is 0 Å². The molecule has 2 aliphatic rings. The van der Waals surface area contributed by atoms with Crippen LogP contribution in [0.1, 0.15) is 31.2 Å². The van der Waals surface area contributed by atoms with E-state index in [4.69, 9.17) is 14.2 Å². The van der Waals surface area contributed by atoms with E-state index in [1.54, 1.807) is 7.11 Å². The van der Waals surface area contributed by atoms with E-state index >= 15 is 0 Å². The molecule has 0 bridgehead atoms. The molecule has 2 fully saturated rings. The standard InChI is InChI=1S/C18H22O5/c1-21-13-6-4-12(5-7-13)18(16(20)23-3)10-14(15(19)22-2)17(11-18)8-9-17/h4-7,14H,8-11H2,1-3H3/t14-,18+/m1/s1. The topological polar surface area (TPSA) is 61.8 Å². The van der Waals surface area contributed by atoms with Crippen molar-refractivity contribution in [3.05, 3.63) is 29.8 Å². The van der Waals surface area contributed by atoms with Crippen LogP contribution in [0.3, 0.4) is 0 Å². The van der Waals surface area contributed by atoms with Gasteiger partial charge in [-0.1, -0.05) is 12.1 Å². The van der Waals surface area contributed by atoms with E-state index in [-0.39, 0.29) is 23.3 Å². The first-order valence-electron chi connectivity index (χ1n) is 7.82. The fourth-order valence-electron chi connectivity index (χ4n) is 4.12. The number of benzene rings is 1. The minimum absolute atomic E-state index is 0.110. The molecular formula is C18H22O5. The van der Waals surface area contributed by atoms with Gasteiger partial charge >= 0.3 is 11.9 Å². The third-order valence-electron chi connectivity index (χ3n) is 5.54. The highest BCUT2D eigenvalue weighted by Gasteiger charge is 2.66. The molecule has 5 heteroatoms. The number of methoxy groups -OCH3 is 3. The third-order valence-corrected chi connectivity index (χ3v) is 5.54. The van der Waals surface area contributed by atoms with E-state index in [0.29, 0.717) is 12.8 Å². The lowest BCUT2D eigenvalue weighted by atomic mass is 9.77. The maximum absolute atomic E-state index is 12.7. The summed E-state index contributed by atoms with van der Waals surface area (Å²) >= 11 is 0. The number of rotatable bonds is 4. The highest BCUT2D eigenvalue weighted by molar-refractivity contribution is 5.87. The molecule has 0 N–H and O–H groups in total. The monoisotopic (exact) mass is 318 g/mol. The Bertz CT molecular complexity index is 617. The summed E-state index contributed by atoms with van der Waals surface area (Å²) in [6.07, 6.45) is 3.00. The maximum Gasteiger partial charge on any atom is 0.316 e. The van der Waals surface area contributed by atoms with Crippen molar-refractivity contribution in [3.63, 3.8) is 0 Å². The van der Waals surface area contributed by atoms with Gasteiger partial charge in [-0.2, -0.15) is 0 Å². The Kier molecular flexibility index (Phi) is 3.82. The van der Waals surface area contributed by atoms with Crippen molar-refractivity contribution in [1.82, 2.24) is 0 Å². The average molecular weight is 318 g/mol. The van der Waals surface area contributed by atoms with E-state index in [1.807, 2.05) is 24.3 Å². The van der Waals surface area contributed by atoms with Gasteiger partial charge in [-0.3, -0.25) is 9.59 Å². The van der Waals surface area contributed by atoms with Gasteiger partial charge in [0.05, 0.1) is 32.7 Å². The van der Waals surface area contributed by atoms with Gasteiger partial charge in [-0.05, 0) is 48.8 Å². The Balaban J connectivity index is 2.02. The average Bonchev–Trinajstić information content (AvgIpc) is 3.27. The SMILES string of the molecule is COC(=O)[C@H]1C[C@@](C(=O)OC)(c2ccc(OC)cc2)CC12CC2. The van der Waals surface area contributed by atoms with Crippen LogP contribution < -0.4 is 4.74 Å². The summed E-state index contributed by atoms with van der Waals surface area (Å²) in [7, 11) is 4.41. The molecule has 23 heavy (non-hydrogen) atoms. The van der Waals surface area contributed by atoms with E-state index in [9.17, 15) is 9.59 Å². The quantitative estimate of drug-likeness (QED) is 0.798. The highest BCUT2D eigenvalue weighted by atomic mass is 16.5. The molecule has 1 aromatic carbocycles. The molecule has 2 atom stereocenters. The van der Waals surface area contributed by atoms with Crippen molar-refractivity contribution in [1.29, 1.82) is 0 Å². The van der Waals surface area contributed by atoms with Crippen LogP contribution in [0, 0.1) is 11.3 Å². The zero-order valence-electron chi connectivity index (χ0n) is 13.8. The minimum atomic E-state index is -0.781. The lowest BCUT2D eigenvalue weighted by Crippen LogP contribution is -2.35. The van der Waals surface area contributed by atoms with Crippen LogP contribution in [0.5, 0.6) is 5.75 Å². The molecule has 1 spiro atoms.